The first-order valence-corrected chi connectivity index (χ1v) is 18.0. The van der Waals surface area contributed by atoms with E-state index in [1.807, 2.05) is 18.2 Å². The Kier molecular flexibility index (Phi) is 9.17. The Morgan fingerprint density at radius 2 is 0.691 bits per heavy atom. The maximum Gasteiger partial charge on any atom is 0.0830 e. The third-order valence-electron chi connectivity index (χ3n) is 9.83. The standard InChI is InChI=1S/C53H36N.Ir/c1-2-12-38(13-3-1)41-14-6-17-44(32-41)46-19-8-21-48(34-46)50-23-10-24-51(36-50)49-22-9-20-47(35-49)45-18-7-15-42(33-45)39-27-29-40(30-28-39)43-16-11-25-52(37-43)53-26-4-5-31-54-53;/h1-24,26-37H;/q-1;/i4D,5D,26D,31D;. The first-order valence-electron chi connectivity index (χ1n) is 20.0. The van der Waals surface area contributed by atoms with Crippen LogP contribution in [0.4, 0.5) is 0 Å². The molecule has 0 saturated carbocycles. The molecule has 55 heavy (non-hydrogen) atoms. The molecule has 0 aliphatic rings. The van der Waals surface area contributed by atoms with Gasteiger partial charge in [-0.1, -0.05) is 158 Å². The van der Waals surface area contributed by atoms with Crippen LogP contribution in [0.1, 0.15) is 5.48 Å². The maximum atomic E-state index is 8.33. The van der Waals surface area contributed by atoms with E-state index in [0.29, 0.717) is 5.56 Å². The number of rotatable bonds is 8. The van der Waals surface area contributed by atoms with Crippen LogP contribution in [0, 0.1) is 6.07 Å². The molecule has 0 fully saturated rings. The van der Waals surface area contributed by atoms with Crippen molar-refractivity contribution < 1.29 is 25.6 Å². The summed E-state index contributed by atoms with van der Waals surface area (Å²) in [6, 6.07) is 70.3. The van der Waals surface area contributed by atoms with Gasteiger partial charge in [0.25, 0.3) is 0 Å². The Bertz CT molecular complexity index is 2940. The average molecular weight is 883 g/mol. The van der Waals surface area contributed by atoms with Crippen LogP contribution in [0.15, 0.2) is 218 Å². The third-order valence-corrected chi connectivity index (χ3v) is 9.83. The smallest absolute Gasteiger partial charge is 0.0830 e. The van der Waals surface area contributed by atoms with Gasteiger partial charge in [-0.3, -0.25) is 0 Å². The summed E-state index contributed by atoms with van der Waals surface area (Å²) in [5, 5.41) is 0. The summed E-state index contributed by atoms with van der Waals surface area (Å²) >= 11 is 0. The number of hydrogen-bond acceptors (Lipinski definition) is 1. The predicted octanol–water partition coefficient (Wildman–Crippen LogP) is 14.2. The molecule has 0 amide bonds. The molecule has 2 heteroatoms. The molecule has 0 atom stereocenters. The maximum absolute atomic E-state index is 8.33. The largest absolute Gasteiger partial charge is 0.305 e. The summed E-state index contributed by atoms with van der Waals surface area (Å²) in [4.78, 5) is 4.13. The van der Waals surface area contributed by atoms with Crippen molar-refractivity contribution in [1.82, 2.24) is 4.98 Å². The van der Waals surface area contributed by atoms with Crippen LogP contribution in [0.25, 0.3) is 89.1 Å². The molecule has 1 nitrogen and oxygen atoms in total. The fourth-order valence-electron chi connectivity index (χ4n) is 7.02. The minimum atomic E-state index is -0.345. The van der Waals surface area contributed by atoms with Crippen molar-refractivity contribution in [2.24, 2.45) is 0 Å². The summed E-state index contributed by atoms with van der Waals surface area (Å²) in [7, 11) is 0. The molecule has 9 rings (SSSR count). The zero-order chi connectivity index (χ0) is 39.6. The van der Waals surface area contributed by atoms with Crippen molar-refractivity contribution in [2.45, 2.75) is 0 Å². The van der Waals surface area contributed by atoms with E-state index < -0.39 is 0 Å². The van der Waals surface area contributed by atoms with Crippen molar-refractivity contribution in [1.29, 1.82) is 0 Å². The Hall–Kier alpha value is -6.44. The number of benzene rings is 8. The van der Waals surface area contributed by atoms with Crippen molar-refractivity contribution in [2.75, 3.05) is 0 Å². The Labute approximate surface area is 342 Å². The zero-order valence-electron chi connectivity index (χ0n) is 33.8. The fraction of sp³-hybridized carbons (Fsp3) is 0. The van der Waals surface area contributed by atoms with E-state index in [2.05, 4.69) is 181 Å². The van der Waals surface area contributed by atoms with E-state index in [1.165, 1.54) is 33.4 Å². The van der Waals surface area contributed by atoms with Gasteiger partial charge in [-0.05, 0) is 114 Å². The molecular weight excluding hydrogens is 843 g/mol. The van der Waals surface area contributed by atoms with E-state index in [4.69, 9.17) is 5.48 Å². The quantitative estimate of drug-likeness (QED) is 0.139. The molecule has 0 aliphatic heterocycles. The van der Waals surface area contributed by atoms with Gasteiger partial charge in [0.15, 0.2) is 0 Å². The van der Waals surface area contributed by atoms with Crippen molar-refractivity contribution in [3.8, 4) is 89.1 Å². The zero-order valence-corrected chi connectivity index (χ0v) is 32.2. The average Bonchev–Trinajstić information content (AvgIpc) is 3.30. The fourth-order valence-corrected chi connectivity index (χ4v) is 7.02. The van der Waals surface area contributed by atoms with Gasteiger partial charge in [0, 0.05) is 26.3 Å². The topological polar surface area (TPSA) is 12.9 Å². The summed E-state index contributed by atoms with van der Waals surface area (Å²) in [5.41, 5.74) is 16.5. The SMILES string of the molecule is [2H]c1nc(-c2[c-]ccc(-c3ccc(-c4cccc(-c5cccc(-c6cccc(-c7cccc(-c8cccc(-c9ccccc9)c8)c7)c6)c5)c4)cc3)c2)c([2H])c([2H])c1[2H].[Ir]. The van der Waals surface area contributed by atoms with Crippen LogP contribution in [0.5, 0.6) is 0 Å². The normalized spacial score (nSPS) is 11.8. The van der Waals surface area contributed by atoms with Crippen LogP contribution >= 0.6 is 0 Å². The second-order valence-electron chi connectivity index (χ2n) is 13.3. The number of hydrogen-bond donors (Lipinski definition) is 0. The second kappa shape index (κ2) is 16.3. The summed E-state index contributed by atoms with van der Waals surface area (Å²) in [6.45, 7) is 0. The summed E-state index contributed by atoms with van der Waals surface area (Å²) in [6.07, 6.45) is -0.318. The number of nitrogens with zero attached hydrogens (tertiary/aromatic N) is 1. The van der Waals surface area contributed by atoms with Crippen LogP contribution in [-0.4, -0.2) is 4.98 Å². The molecule has 0 spiro atoms. The van der Waals surface area contributed by atoms with Gasteiger partial charge in [-0.2, -0.15) is 0 Å². The predicted molar refractivity (Wildman–Crippen MR) is 227 cm³/mol. The van der Waals surface area contributed by atoms with E-state index in [9.17, 15) is 0 Å². The summed E-state index contributed by atoms with van der Waals surface area (Å²) < 4.78 is 32.2. The van der Waals surface area contributed by atoms with Gasteiger partial charge in [0.05, 0.1) is 5.48 Å². The molecule has 0 N–H and O–H groups in total. The van der Waals surface area contributed by atoms with Gasteiger partial charge >= 0.3 is 0 Å². The molecule has 1 heterocycles. The van der Waals surface area contributed by atoms with Crippen molar-refractivity contribution >= 4 is 0 Å². The molecule has 0 bridgehead atoms. The number of pyridine rings is 1. The number of aromatic nitrogens is 1. The van der Waals surface area contributed by atoms with Crippen molar-refractivity contribution in [3.05, 3.63) is 224 Å². The monoisotopic (exact) mass is 883 g/mol. The Morgan fingerprint density at radius 3 is 1.11 bits per heavy atom. The van der Waals surface area contributed by atoms with Crippen LogP contribution in [0.3, 0.4) is 0 Å². The Balaban J connectivity index is 0.00000484. The molecule has 0 saturated heterocycles. The molecule has 9 aromatic rings. The van der Waals surface area contributed by atoms with E-state index in [-0.39, 0.29) is 50.1 Å². The minimum Gasteiger partial charge on any atom is -0.305 e. The molecule has 1 radical (unpaired) electrons. The molecule has 8 aromatic carbocycles. The molecule has 263 valence electrons. The first-order chi connectivity index (χ1) is 28.4. The first kappa shape index (κ1) is 31.0. The van der Waals surface area contributed by atoms with E-state index in [1.54, 1.807) is 6.07 Å². The second-order valence-corrected chi connectivity index (χ2v) is 13.3. The van der Waals surface area contributed by atoms with Crippen LogP contribution in [-0.2, 0) is 20.1 Å². The van der Waals surface area contributed by atoms with Gasteiger partial charge in [-0.25, -0.2) is 0 Å². The molecule has 1 aromatic heterocycles. The van der Waals surface area contributed by atoms with Gasteiger partial charge in [0.1, 0.15) is 0 Å². The third kappa shape index (κ3) is 7.93. The van der Waals surface area contributed by atoms with Gasteiger partial charge in [-0.15, -0.1) is 35.4 Å². The van der Waals surface area contributed by atoms with Gasteiger partial charge < -0.3 is 4.98 Å². The van der Waals surface area contributed by atoms with Gasteiger partial charge in [0.2, 0.25) is 0 Å². The van der Waals surface area contributed by atoms with Crippen molar-refractivity contribution in [3.63, 3.8) is 0 Å². The Morgan fingerprint density at radius 1 is 0.345 bits per heavy atom. The minimum absolute atomic E-state index is 0. The van der Waals surface area contributed by atoms with E-state index in [0.717, 1.165) is 44.5 Å². The van der Waals surface area contributed by atoms with Crippen LogP contribution < -0.4 is 0 Å². The molecular formula is C53H36IrN-. The van der Waals surface area contributed by atoms with E-state index >= 15 is 0 Å². The summed E-state index contributed by atoms with van der Waals surface area (Å²) in [5.74, 6) is 0. The molecule has 0 unspecified atom stereocenters. The molecule has 0 aliphatic carbocycles. The van der Waals surface area contributed by atoms with Crippen LogP contribution in [0.2, 0.25) is 0 Å².